The van der Waals surface area contributed by atoms with Crippen molar-refractivity contribution >= 4 is 15.9 Å². The van der Waals surface area contributed by atoms with Crippen LogP contribution in [0.15, 0.2) is 28.7 Å². The van der Waals surface area contributed by atoms with Crippen LogP contribution in [0.1, 0.15) is 43.8 Å². The van der Waals surface area contributed by atoms with Gasteiger partial charge in [0.15, 0.2) is 0 Å². The van der Waals surface area contributed by atoms with Crippen molar-refractivity contribution in [3.63, 3.8) is 0 Å². The van der Waals surface area contributed by atoms with Crippen molar-refractivity contribution in [3.8, 4) is 0 Å². The van der Waals surface area contributed by atoms with Crippen molar-refractivity contribution in [2.45, 2.75) is 39.8 Å². The zero-order valence-electron chi connectivity index (χ0n) is 12.7. The van der Waals surface area contributed by atoms with Crippen molar-refractivity contribution < 1.29 is 4.39 Å². The summed E-state index contributed by atoms with van der Waals surface area (Å²) >= 11 is 3.27. The second kappa shape index (κ2) is 7.18. The maximum atomic E-state index is 14.5. The van der Waals surface area contributed by atoms with Gasteiger partial charge in [0.1, 0.15) is 5.82 Å². The van der Waals surface area contributed by atoms with Crippen molar-refractivity contribution in [1.29, 1.82) is 0 Å². The highest BCUT2D eigenvalue weighted by molar-refractivity contribution is 9.10. The summed E-state index contributed by atoms with van der Waals surface area (Å²) in [5, 5.41) is 7.94. The van der Waals surface area contributed by atoms with E-state index >= 15 is 0 Å². The smallest absolute Gasteiger partial charge is 0.142 e. The normalized spacial score (nSPS) is 12.6. The number of nitrogens with zero attached hydrogens (tertiary/aromatic N) is 2. The van der Waals surface area contributed by atoms with Crippen LogP contribution in [0, 0.1) is 5.82 Å². The van der Waals surface area contributed by atoms with Gasteiger partial charge in [-0.25, -0.2) is 4.39 Å². The monoisotopic (exact) mass is 353 g/mol. The van der Waals surface area contributed by atoms with Gasteiger partial charge in [-0.05, 0) is 48.0 Å². The lowest BCUT2D eigenvalue weighted by molar-refractivity contribution is 0.512. The number of benzene rings is 1. The SMILES string of the molecule is CCNC(c1cccc(Br)c1F)c1cc(CC)nn1CC. The number of aryl methyl sites for hydroxylation is 2. The van der Waals surface area contributed by atoms with E-state index in [0.29, 0.717) is 10.0 Å². The average Bonchev–Trinajstić information content (AvgIpc) is 2.91. The molecule has 1 aromatic carbocycles. The Hall–Kier alpha value is -1.20. The Labute approximate surface area is 133 Å². The van der Waals surface area contributed by atoms with Gasteiger partial charge in [0.05, 0.1) is 21.9 Å². The van der Waals surface area contributed by atoms with Crippen molar-refractivity contribution in [2.75, 3.05) is 6.54 Å². The van der Waals surface area contributed by atoms with Crippen LogP contribution in [0.5, 0.6) is 0 Å². The second-order valence-electron chi connectivity index (χ2n) is 4.86. The van der Waals surface area contributed by atoms with E-state index in [9.17, 15) is 4.39 Å². The van der Waals surface area contributed by atoms with Gasteiger partial charge in [-0.15, -0.1) is 0 Å². The summed E-state index contributed by atoms with van der Waals surface area (Å²) < 4.78 is 16.9. The molecule has 0 aliphatic heterocycles. The Kier molecular flexibility index (Phi) is 5.53. The molecule has 1 aromatic heterocycles. The molecular formula is C16H21BrFN3. The number of hydrogen-bond donors (Lipinski definition) is 1. The van der Waals surface area contributed by atoms with Gasteiger partial charge in [0.2, 0.25) is 0 Å². The Morgan fingerprint density at radius 2 is 2.10 bits per heavy atom. The molecule has 0 aliphatic carbocycles. The van der Waals surface area contributed by atoms with E-state index < -0.39 is 0 Å². The molecule has 0 saturated heterocycles. The van der Waals surface area contributed by atoms with E-state index in [4.69, 9.17) is 0 Å². The fourth-order valence-electron chi connectivity index (χ4n) is 2.47. The van der Waals surface area contributed by atoms with E-state index in [-0.39, 0.29) is 11.9 Å². The van der Waals surface area contributed by atoms with Crippen LogP contribution in [-0.2, 0) is 13.0 Å². The number of aromatic nitrogens is 2. The van der Waals surface area contributed by atoms with E-state index in [0.717, 1.165) is 30.9 Å². The highest BCUT2D eigenvalue weighted by atomic mass is 79.9. The largest absolute Gasteiger partial charge is 0.305 e. The Morgan fingerprint density at radius 1 is 1.33 bits per heavy atom. The average molecular weight is 354 g/mol. The molecule has 2 rings (SSSR count). The summed E-state index contributed by atoms with van der Waals surface area (Å²) in [6, 6.07) is 7.28. The molecule has 0 amide bonds. The number of halogens is 2. The third kappa shape index (κ3) is 3.35. The zero-order chi connectivity index (χ0) is 15.4. The summed E-state index contributed by atoms with van der Waals surface area (Å²) in [7, 11) is 0. The van der Waals surface area contributed by atoms with Crippen molar-refractivity contribution in [1.82, 2.24) is 15.1 Å². The quantitative estimate of drug-likeness (QED) is 0.848. The Balaban J connectivity index is 2.53. The fourth-order valence-corrected chi connectivity index (χ4v) is 2.85. The summed E-state index contributed by atoms with van der Waals surface area (Å²) in [6.45, 7) is 7.68. The molecule has 0 radical (unpaired) electrons. The van der Waals surface area contributed by atoms with Gasteiger partial charge in [-0.3, -0.25) is 4.68 Å². The number of nitrogens with one attached hydrogen (secondary N) is 1. The molecule has 114 valence electrons. The van der Waals surface area contributed by atoms with Crippen molar-refractivity contribution in [2.24, 2.45) is 0 Å². The second-order valence-corrected chi connectivity index (χ2v) is 5.72. The van der Waals surface area contributed by atoms with Gasteiger partial charge in [0, 0.05) is 12.1 Å². The van der Waals surface area contributed by atoms with E-state index in [1.54, 1.807) is 6.07 Å². The van der Waals surface area contributed by atoms with E-state index in [1.807, 2.05) is 23.7 Å². The fraction of sp³-hybridized carbons (Fsp3) is 0.438. The molecule has 2 aromatic rings. The highest BCUT2D eigenvalue weighted by Gasteiger charge is 2.22. The topological polar surface area (TPSA) is 29.9 Å². The predicted octanol–water partition coefficient (Wildman–Crippen LogP) is 4.07. The number of hydrogen-bond acceptors (Lipinski definition) is 2. The maximum absolute atomic E-state index is 14.5. The summed E-state index contributed by atoms with van der Waals surface area (Å²) in [6.07, 6.45) is 0.875. The summed E-state index contributed by atoms with van der Waals surface area (Å²) in [5.41, 5.74) is 2.68. The minimum atomic E-state index is -0.217. The minimum absolute atomic E-state index is 0.194. The molecule has 1 heterocycles. The zero-order valence-corrected chi connectivity index (χ0v) is 14.2. The molecule has 0 aliphatic rings. The highest BCUT2D eigenvalue weighted by Crippen LogP contribution is 2.29. The molecule has 0 bridgehead atoms. The van der Waals surface area contributed by atoms with Crippen LogP contribution < -0.4 is 5.32 Å². The molecule has 21 heavy (non-hydrogen) atoms. The number of rotatable bonds is 6. The van der Waals surface area contributed by atoms with E-state index in [2.05, 4.69) is 46.3 Å². The lowest BCUT2D eigenvalue weighted by Gasteiger charge is -2.20. The van der Waals surface area contributed by atoms with Crippen LogP contribution in [-0.4, -0.2) is 16.3 Å². The lowest BCUT2D eigenvalue weighted by Crippen LogP contribution is -2.25. The molecule has 1 atom stereocenters. The van der Waals surface area contributed by atoms with Gasteiger partial charge in [0.25, 0.3) is 0 Å². The van der Waals surface area contributed by atoms with Crippen LogP contribution in [0.25, 0.3) is 0 Å². The van der Waals surface area contributed by atoms with Crippen molar-refractivity contribution in [3.05, 3.63) is 51.5 Å². The molecule has 5 heteroatoms. The molecule has 0 fully saturated rings. The molecular weight excluding hydrogens is 333 g/mol. The van der Waals surface area contributed by atoms with Gasteiger partial charge >= 0.3 is 0 Å². The first kappa shape index (κ1) is 16.2. The predicted molar refractivity (Wildman–Crippen MR) is 86.9 cm³/mol. The molecule has 1 N–H and O–H groups in total. The first-order chi connectivity index (χ1) is 10.1. The summed E-state index contributed by atoms with van der Waals surface area (Å²) in [4.78, 5) is 0. The summed E-state index contributed by atoms with van der Waals surface area (Å²) in [5.74, 6) is -0.217. The van der Waals surface area contributed by atoms with Crippen LogP contribution >= 0.6 is 15.9 Å². The Morgan fingerprint density at radius 3 is 2.71 bits per heavy atom. The Bertz CT molecular complexity index is 610. The molecule has 0 spiro atoms. The van der Waals surface area contributed by atoms with Gasteiger partial charge in [-0.2, -0.15) is 5.10 Å². The third-order valence-corrected chi connectivity index (χ3v) is 4.13. The minimum Gasteiger partial charge on any atom is -0.305 e. The standard InChI is InChI=1S/C16H21BrFN3/c1-4-11-10-14(21(6-3)20-11)16(19-5-2)12-8-7-9-13(17)15(12)18/h7-10,16,19H,4-6H2,1-3H3. The molecule has 0 saturated carbocycles. The van der Waals surface area contributed by atoms with E-state index in [1.165, 1.54) is 0 Å². The first-order valence-corrected chi connectivity index (χ1v) is 8.15. The van der Waals surface area contributed by atoms with Crippen LogP contribution in [0.4, 0.5) is 4.39 Å². The maximum Gasteiger partial charge on any atom is 0.142 e. The lowest BCUT2D eigenvalue weighted by atomic mass is 10.0. The first-order valence-electron chi connectivity index (χ1n) is 7.36. The van der Waals surface area contributed by atoms with Crippen LogP contribution in [0.3, 0.4) is 0 Å². The third-order valence-electron chi connectivity index (χ3n) is 3.52. The molecule has 3 nitrogen and oxygen atoms in total. The van der Waals surface area contributed by atoms with Crippen LogP contribution in [0.2, 0.25) is 0 Å². The van der Waals surface area contributed by atoms with Gasteiger partial charge < -0.3 is 5.32 Å². The van der Waals surface area contributed by atoms with Gasteiger partial charge in [-0.1, -0.05) is 26.0 Å². The molecule has 1 unspecified atom stereocenters.